The van der Waals surface area contributed by atoms with Crippen molar-refractivity contribution >= 4 is 13.7 Å². The number of carbonyl (C=O) groups excluding carboxylic acids is 1. The van der Waals surface area contributed by atoms with Gasteiger partial charge in [-0.15, -0.1) is 0 Å². The molecule has 3 atom stereocenters. The number of amides is 1. The van der Waals surface area contributed by atoms with E-state index < -0.39 is 20.0 Å². The lowest BCUT2D eigenvalue weighted by molar-refractivity contribution is -0.870. The number of aliphatic hydroxyl groups is 1. The summed E-state index contributed by atoms with van der Waals surface area (Å²) in [4.78, 5) is 23.1. The summed E-state index contributed by atoms with van der Waals surface area (Å²) in [5.74, 6) is -0.197. The van der Waals surface area contributed by atoms with Crippen LogP contribution in [0.2, 0.25) is 0 Å². The van der Waals surface area contributed by atoms with Crippen molar-refractivity contribution in [2.45, 2.75) is 180 Å². The second kappa shape index (κ2) is 35.2. The van der Waals surface area contributed by atoms with Gasteiger partial charge in [-0.25, -0.2) is 4.57 Å². The van der Waals surface area contributed by atoms with Gasteiger partial charge in [-0.3, -0.25) is 13.8 Å². The van der Waals surface area contributed by atoms with Crippen LogP contribution < -0.4 is 5.32 Å². The first kappa shape index (κ1) is 50.5. The molecule has 0 aromatic rings. The minimum Gasteiger partial charge on any atom is -0.387 e. The number of hydrogen-bond acceptors (Lipinski definition) is 5. The van der Waals surface area contributed by atoms with E-state index in [2.05, 4.69) is 55.6 Å². The fraction of sp³-hybridized carbons (Fsp3) is 0.791. The maximum atomic E-state index is 12.8. The molecule has 0 saturated carbocycles. The smallest absolute Gasteiger partial charge is 0.387 e. The van der Waals surface area contributed by atoms with Crippen LogP contribution in [0.4, 0.5) is 0 Å². The van der Waals surface area contributed by atoms with Gasteiger partial charge < -0.3 is 19.8 Å². The third-order valence-corrected chi connectivity index (χ3v) is 10.0. The maximum absolute atomic E-state index is 12.8. The monoisotopic (exact) mass is 754 g/mol. The van der Waals surface area contributed by atoms with Crippen molar-refractivity contribution < 1.29 is 32.9 Å². The Morgan fingerprint density at radius 3 is 1.69 bits per heavy atom. The van der Waals surface area contributed by atoms with E-state index in [1.807, 2.05) is 27.2 Å². The van der Waals surface area contributed by atoms with Crippen LogP contribution in [0.1, 0.15) is 168 Å². The van der Waals surface area contributed by atoms with Gasteiger partial charge in [0.05, 0.1) is 39.9 Å². The topological polar surface area (TPSA) is 105 Å². The molecular weight excluding hydrogens is 671 g/mol. The molecule has 304 valence electrons. The summed E-state index contributed by atoms with van der Waals surface area (Å²) in [5, 5.41) is 13.8. The summed E-state index contributed by atoms with van der Waals surface area (Å²) in [7, 11) is 1.55. The van der Waals surface area contributed by atoms with Gasteiger partial charge in [0, 0.05) is 6.42 Å². The lowest BCUT2D eigenvalue weighted by atomic mass is 10.0. The fourth-order valence-corrected chi connectivity index (χ4v) is 6.44. The van der Waals surface area contributed by atoms with Gasteiger partial charge in [0.2, 0.25) is 5.91 Å². The number of carbonyl (C=O) groups is 1. The molecular formula is C43H82N2O6P+. The predicted octanol–water partition coefficient (Wildman–Crippen LogP) is 11.3. The Kier molecular flexibility index (Phi) is 34.1. The molecule has 0 bridgehead atoms. The Morgan fingerprint density at radius 1 is 0.673 bits per heavy atom. The van der Waals surface area contributed by atoms with Crippen LogP contribution in [0, 0.1) is 0 Å². The highest BCUT2D eigenvalue weighted by Crippen LogP contribution is 2.43. The van der Waals surface area contributed by atoms with Crippen LogP contribution in [-0.2, 0) is 18.4 Å². The number of allylic oxidation sites excluding steroid dienone is 7. The van der Waals surface area contributed by atoms with Gasteiger partial charge >= 0.3 is 7.82 Å². The molecule has 0 aromatic heterocycles. The molecule has 0 radical (unpaired) electrons. The SMILES string of the molecule is CC/C=C\C/C=C\C/C=C\CCCCCCCC(=O)NC(COP(=O)(O)OCC[N+](C)(C)C)C(O)/C=C/CCCCCCCCCCCCCCC. The predicted molar refractivity (Wildman–Crippen MR) is 221 cm³/mol. The van der Waals surface area contributed by atoms with E-state index in [-0.39, 0.29) is 19.1 Å². The molecule has 0 fully saturated rings. The van der Waals surface area contributed by atoms with Gasteiger partial charge in [0.25, 0.3) is 0 Å². The Morgan fingerprint density at radius 2 is 1.15 bits per heavy atom. The molecule has 0 aliphatic heterocycles. The zero-order valence-electron chi connectivity index (χ0n) is 34.3. The molecule has 3 unspecified atom stereocenters. The lowest BCUT2D eigenvalue weighted by Gasteiger charge is -2.25. The summed E-state index contributed by atoms with van der Waals surface area (Å²) >= 11 is 0. The first-order valence-electron chi connectivity index (χ1n) is 21.0. The van der Waals surface area contributed by atoms with Crippen molar-refractivity contribution in [2.75, 3.05) is 40.9 Å². The average molecular weight is 754 g/mol. The zero-order valence-corrected chi connectivity index (χ0v) is 35.2. The quantitative estimate of drug-likeness (QED) is 0.0252. The summed E-state index contributed by atoms with van der Waals surface area (Å²) in [6.07, 6.45) is 43.1. The summed E-state index contributed by atoms with van der Waals surface area (Å²) in [5.41, 5.74) is 0. The van der Waals surface area contributed by atoms with Gasteiger partial charge in [0.1, 0.15) is 13.2 Å². The first-order chi connectivity index (χ1) is 25.0. The van der Waals surface area contributed by atoms with Crippen molar-refractivity contribution in [3.8, 4) is 0 Å². The number of phosphoric acid groups is 1. The Balaban J connectivity index is 4.51. The normalized spacial score (nSPS) is 15.0. The number of nitrogens with one attached hydrogen (secondary N) is 1. The van der Waals surface area contributed by atoms with Crippen LogP contribution in [0.25, 0.3) is 0 Å². The van der Waals surface area contributed by atoms with Gasteiger partial charge in [-0.05, 0) is 51.4 Å². The molecule has 0 aromatic carbocycles. The number of unbranched alkanes of at least 4 members (excludes halogenated alkanes) is 18. The van der Waals surface area contributed by atoms with Crippen molar-refractivity contribution in [1.29, 1.82) is 0 Å². The molecule has 9 heteroatoms. The van der Waals surface area contributed by atoms with Gasteiger partial charge in [-0.2, -0.15) is 0 Å². The largest absolute Gasteiger partial charge is 0.472 e. The number of quaternary nitrogens is 1. The van der Waals surface area contributed by atoms with E-state index in [9.17, 15) is 19.4 Å². The number of rotatable bonds is 37. The summed E-state index contributed by atoms with van der Waals surface area (Å²) in [6, 6.07) is -0.854. The van der Waals surface area contributed by atoms with E-state index in [1.54, 1.807) is 6.08 Å². The molecule has 3 N–H and O–H groups in total. The van der Waals surface area contributed by atoms with Gasteiger partial charge in [-0.1, -0.05) is 159 Å². The minimum absolute atomic E-state index is 0.0563. The van der Waals surface area contributed by atoms with Crippen LogP contribution in [0.3, 0.4) is 0 Å². The van der Waals surface area contributed by atoms with Crippen LogP contribution >= 0.6 is 7.82 Å². The van der Waals surface area contributed by atoms with Crippen molar-refractivity contribution in [2.24, 2.45) is 0 Å². The lowest BCUT2D eigenvalue weighted by Crippen LogP contribution is -2.45. The average Bonchev–Trinajstić information content (AvgIpc) is 3.09. The number of nitrogens with zero attached hydrogens (tertiary/aromatic N) is 1. The number of hydrogen-bond donors (Lipinski definition) is 3. The highest BCUT2D eigenvalue weighted by molar-refractivity contribution is 7.47. The molecule has 1 amide bonds. The third kappa shape index (κ3) is 36.8. The number of phosphoric ester groups is 1. The second-order valence-electron chi connectivity index (χ2n) is 15.3. The molecule has 0 rings (SSSR count). The molecule has 52 heavy (non-hydrogen) atoms. The Labute approximate surface area is 320 Å². The van der Waals surface area contributed by atoms with Crippen molar-refractivity contribution in [1.82, 2.24) is 5.32 Å². The van der Waals surface area contributed by atoms with E-state index in [4.69, 9.17) is 9.05 Å². The van der Waals surface area contributed by atoms with E-state index >= 15 is 0 Å². The molecule has 8 nitrogen and oxygen atoms in total. The number of likely N-dealkylation sites (N-methyl/N-ethyl adjacent to an activating group) is 1. The van der Waals surface area contributed by atoms with Crippen LogP contribution in [0.5, 0.6) is 0 Å². The molecule has 0 aliphatic rings. The zero-order chi connectivity index (χ0) is 38.6. The van der Waals surface area contributed by atoms with Gasteiger partial charge in [0.15, 0.2) is 0 Å². The standard InChI is InChI=1S/C43H81N2O6P/c1-6-8-10-12-14-16-18-20-22-24-26-28-30-32-34-36-42(46)41(40-51-52(48,49)50-39-38-45(3,4)5)44-43(47)37-35-33-31-29-27-25-23-21-19-17-15-13-11-9-7-2/h9,11,15,17,21,23,34,36,41-42,46H,6-8,10,12-14,16,18-20,22,24-33,35,37-40H2,1-5H3,(H-,44,47,48,49)/p+1/b11-9-,17-15-,23-21-,36-34+. The minimum atomic E-state index is -4.34. The van der Waals surface area contributed by atoms with Crippen molar-refractivity contribution in [3.05, 3.63) is 48.6 Å². The molecule has 0 heterocycles. The van der Waals surface area contributed by atoms with Crippen LogP contribution in [0.15, 0.2) is 48.6 Å². The molecule has 0 saturated heterocycles. The molecule has 0 aliphatic carbocycles. The van der Waals surface area contributed by atoms with Crippen LogP contribution in [-0.4, -0.2) is 73.4 Å². The second-order valence-corrected chi connectivity index (χ2v) is 16.8. The summed E-state index contributed by atoms with van der Waals surface area (Å²) in [6.45, 7) is 4.67. The Hall–Kier alpha value is -1.54. The highest BCUT2D eigenvalue weighted by atomic mass is 31.2. The number of aliphatic hydroxyl groups excluding tert-OH is 1. The maximum Gasteiger partial charge on any atom is 0.472 e. The summed E-state index contributed by atoms with van der Waals surface area (Å²) < 4.78 is 23.5. The third-order valence-electron chi connectivity index (χ3n) is 9.05. The fourth-order valence-electron chi connectivity index (χ4n) is 5.70. The van der Waals surface area contributed by atoms with Crippen molar-refractivity contribution in [3.63, 3.8) is 0 Å². The highest BCUT2D eigenvalue weighted by Gasteiger charge is 2.27. The van der Waals surface area contributed by atoms with E-state index in [1.165, 1.54) is 70.6 Å². The molecule has 0 spiro atoms. The Bertz CT molecular complexity index is 991. The van der Waals surface area contributed by atoms with E-state index in [0.717, 1.165) is 77.0 Å². The first-order valence-corrected chi connectivity index (χ1v) is 22.5. The van der Waals surface area contributed by atoms with E-state index in [0.29, 0.717) is 17.4 Å².